The molecule has 1 amide bonds. The number of nitrogens with zero attached hydrogens (tertiary/aromatic N) is 1. The second kappa shape index (κ2) is 6.79. The minimum atomic E-state index is -0.886. The van der Waals surface area contributed by atoms with Crippen molar-refractivity contribution in [2.75, 3.05) is 13.6 Å². The van der Waals surface area contributed by atoms with Crippen molar-refractivity contribution >= 4 is 11.9 Å². The van der Waals surface area contributed by atoms with E-state index in [9.17, 15) is 9.59 Å². The first-order valence-corrected chi connectivity index (χ1v) is 6.06. The number of hydrogen-bond acceptors (Lipinski definition) is 2. The van der Waals surface area contributed by atoms with Crippen molar-refractivity contribution < 1.29 is 14.7 Å². The van der Waals surface area contributed by atoms with Gasteiger partial charge in [-0.25, -0.2) is 0 Å². The van der Waals surface area contributed by atoms with Gasteiger partial charge in [0, 0.05) is 13.6 Å². The highest BCUT2D eigenvalue weighted by Gasteiger charge is 2.11. The highest BCUT2D eigenvalue weighted by Crippen LogP contribution is 2.08. The Balaban J connectivity index is 2.55. The number of likely N-dealkylation sites (N-methyl/N-ethyl adjacent to an activating group) is 1. The molecule has 0 bridgehead atoms. The maximum atomic E-state index is 11.9. The number of benzene rings is 1. The Morgan fingerprint density at radius 1 is 1.28 bits per heavy atom. The lowest BCUT2D eigenvalue weighted by molar-refractivity contribution is -0.138. The Morgan fingerprint density at radius 2 is 1.94 bits per heavy atom. The summed E-state index contributed by atoms with van der Waals surface area (Å²) in [6, 6.07) is 7.91. The summed E-state index contributed by atoms with van der Waals surface area (Å²) < 4.78 is 0. The zero-order valence-electron chi connectivity index (χ0n) is 10.8. The highest BCUT2D eigenvalue weighted by molar-refractivity contribution is 5.79. The zero-order chi connectivity index (χ0) is 13.5. The Morgan fingerprint density at radius 3 is 2.56 bits per heavy atom. The molecular formula is C14H19NO3. The zero-order valence-corrected chi connectivity index (χ0v) is 10.8. The molecule has 1 aromatic rings. The molecule has 1 rings (SSSR count). The van der Waals surface area contributed by atoms with Gasteiger partial charge in [0.25, 0.3) is 0 Å². The predicted molar refractivity (Wildman–Crippen MR) is 69.4 cm³/mol. The monoisotopic (exact) mass is 249 g/mol. The SMILES string of the molecule is CCc1cccc(CC(=O)N(C)CCC(=O)O)c1. The van der Waals surface area contributed by atoms with Gasteiger partial charge in [-0.2, -0.15) is 0 Å². The molecule has 0 aliphatic rings. The van der Waals surface area contributed by atoms with Crippen molar-refractivity contribution in [3.8, 4) is 0 Å². The van der Waals surface area contributed by atoms with Gasteiger partial charge in [0.1, 0.15) is 0 Å². The van der Waals surface area contributed by atoms with E-state index in [0.717, 1.165) is 12.0 Å². The van der Waals surface area contributed by atoms with Crippen LogP contribution in [0.5, 0.6) is 0 Å². The van der Waals surface area contributed by atoms with Crippen LogP contribution in [0.25, 0.3) is 0 Å². The van der Waals surface area contributed by atoms with Crippen LogP contribution in [0.2, 0.25) is 0 Å². The van der Waals surface area contributed by atoms with Crippen molar-refractivity contribution in [3.05, 3.63) is 35.4 Å². The number of carbonyl (C=O) groups excluding carboxylic acids is 1. The van der Waals surface area contributed by atoms with Crippen molar-refractivity contribution in [3.63, 3.8) is 0 Å². The number of carboxylic acids is 1. The van der Waals surface area contributed by atoms with Crippen LogP contribution >= 0.6 is 0 Å². The minimum Gasteiger partial charge on any atom is -0.481 e. The molecule has 0 saturated heterocycles. The molecule has 0 saturated carbocycles. The molecule has 0 radical (unpaired) electrons. The molecule has 1 N–H and O–H groups in total. The average Bonchev–Trinajstić information content (AvgIpc) is 2.36. The first kappa shape index (κ1) is 14.2. The summed E-state index contributed by atoms with van der Waals surface area (Å²) >= 11 is 0. The van der Waals surface area contributed by atoms with Crippen LogP contribution in [-0.4, -0.2) is 35.5 Å². The van der Waals surface area contributed by atoms with Crippen LogP contribution in [0, 0.1) is 0 Å². The molecule has 0 atom stereocenters. The number of carboxylic acid groups (broad SMARTS) is 1. The minimum absolute atomic E-state index is 0.0166. The second-order valence-corrected chi connectivity index (χ2v) is 4.31. The highest BCUT2D eigenvalue weighted by atomic mass is 16.4. The van der Waals surface area contributed by atoms with E-state index in [1.54, 1.807) is 7.05 Å². The van der Waals surface area contributed by atoms with Crippen molar-refractivity contribution in [1.29, 1.82) is 0 Å². The van der Waals surface area contributed by atoms with Crippen LogP contribution < -0.4 is 0 Å². The topological polar surface area (TPSA) is 57.6 Å². The summed E-state index contributed by atoms with van der Waals surface area (Å²) in [7, 11) is 1.63. The third-order valence-corrected chi connectivity index (χ3v) is 2.84. The first-order chi connectivity index (χ1) is 8.52. The van der Waals surface area contributed by atoms with E-state index in [0.29, 0.717) is 6.42 Å². The lowest BCUT2D eigenvalue weighted by atomic mass is 10.1. The van der Waals surface area contributed by atoms with Crippen LogP contribution in [0.1, 0.15) is 24.5 Å². The van der Waals surface area contributed by atoms with Crippen molar-refractivity contribution in [1.82, 2.24) is 4.90 Å². The molecule has 0 fully saturated rings. The number of amides is 1. The van der Waals surface area contributed by atoms with Gasteiger partial charge < -0.3 is 10.0 Å². The summed E-state index contributed by atoms with van der Waals surface area (Å²) in [5, 5.41) is 8.56. The summed E-state index contributed by atoms with van der Waals surface area (Å²) in [6.07, 6.45) is 1.25. The number of carbonyl (C=O) groups is 2. The third kappa shape index (κ3) is 4.57. The number of hydrogen-bond donors (Lipinski definition) is 1. The van der Waals surface area contributed by atoms with Gasteiger partial charge in [0.05, 0.1) is 12.8 Å². The Kier molecular flexibility index (Phi) is 5.36. The third-order valence-electron chi connectivity index (χ3n) is 2.84. The fraction of sp³-hybridized carbons (Fsp3) is 0.429. The molecule has 0 unspecified atom stereocenters. The lowest BCUT2D eigenvalue weighted by Gasteiger charge is -2.16. The number of aliphatic carboxylic acids is 1. The van der Waals surface area contributed by atoms with E-state index >= 15 is 0 Å². The maximum Gasteiger partial charge on any atom is 0.305 e. The van der Waals surface area contributed by atoms with Crippen LogP contribution in [-0.2, 0) is 22.4 Å². The predicted octanol–water partition coefficient (Wildman–Crippen LogP) is 1.72. The van der Waals surface area contributed by atoms with Gasteiger partial charge in [-0.15, -0.1) is 0 Å². The van der Waals surface area contributed by atoms with E-state index < -0.39 is 5.97 Å². The molecule has 18 heavy (non-hydrogen) atoms. The van der Waals surface area contributed by atoms with E-state index in [1.807, 2.05) is 24.3 Å². The molecule has 1 aromatic carbocycles. The fourth-order valence-electron chi connectivity index (χ4n) is 1.66. The summed E-state index contributed by atoms with van der Waals surface area (Å²) in [6.45, 7) is 2.32. The standard InChI is InChI=1S/C14H19NO3/c1-3-11-5-4-6-12(9-11)10-13(16)15(2)8-7-14(17)18/h4-6,9H,3,7-8,10H2,1-2H3,(H,17,18). The van der Waals surface area contributed by atoms with Crippen molar-refractivity contribution in [2.24, 2.45) is 0 Å². The molecule has 0 spiro atoms. The number of aryl methyl sites for hydroxylation is 1. The van der Waals surface area contributed by atoms with Gasteiger partial charge in [0.2, 0.25) is 5.91 Å². The maximum absolute atomic E-state index is 11.9. The Labute approximate surface area is 107 Å². The quantitative estimate of drug-likeness (QED) is 0.835. The Hall–Kier alpha value is -1.84. The van der Waals surface area contributed by atoms with Crippen LogP contribution in [0.4, 0.5) is 0 Å². The van der Waals surface area contributed by atoms with Gasteiger partial charge in [-0.3, -0.25) is 9.59 Å². The van der Waals surface area contributed by atoms with E-state index in [1.165, 1.54) is 10.5 Å². The van der Waals surface area contributed by atoms with E-state index in [2.05, 4.69) is 6.92 Å². The molecule has 0 aliphatic heterocycles. The number of rotatable bonds is 6. The van der Waals surface area contributed by atoms with Crippen LogP contribution in [0.3, 0.4) is 0 Å². The Bertz CT molecular complexity index is 429. The van der Waals surface area contributed by atoms with E-state index in [4.69, 9.17) is 5.11 Å². The lowest BCUT2D eigenvalue weighted by Crippen LogP contribution is -2.30. The summed E-state index contributed by atoms with van der Waals surface area (Å²) in [4.78, 5) is 23.8. The van der Waals surface area contributed by atoms with E-state index in [-0.39, 0.29) is 18.9 Å². The smallest absolute Gasteiger partial charge is 0.305 e. The van der Waals surface area contributed by atoms with Gasteiger partial charge >= 0.3 is 5.97 Å². The average molecular weight is 249 g/mol. The molecule has 4 nitrogen and oxygen atoms in total. The molecular weight excluding hydrogens is 230 g/mol. The fourth-order valence-corrected chi connectivity index (χ4v) is 1.66. The molecule has 0 aliphatic carbocycles. The molecule has 4 heteroatoms. The second-order valence-electron chi connectivity index (χ2n) is 4.31. The normalized spacial score (nSPS) is 10.1. The largest absolute Gasteiger partial charge is 0.481 e. The molecule has 98 valence electrons. The first-order valence-electron chi connectivity index (χ1n) is 6.06. The molecule has 0 heterocycles. The van der Waals surface area contributed by atoms with Crippen molar-refractivity contribution in [2.45, 2.75) is 26.2 Å². The van der Waals surface area contributed by atoms with Gasteiger partial charge in [-0.05, 0) is 17.5 Å². The molecule has 0 aromatic heterocycles. The summed E-state index contributed by atoms with van der Waals surface area (Å²) in [5.74, 6) is -0.938. The van der Waals surface area contributed by atoms with Crippen LogP contribution in [0.15, 0.2) is 24.3 Å². The van der Waals surface area contributed by atoms with Gasteiger partial charge in [-0.1, -0.05) is 31.2 Å². The summed E-state index contributed by atoms with van der Waals surface area (Å²) in [5.41, 5.74) is 2.18. The van der Waals surface area contributed by atoms with Gasteiger partial charge in [0.15, 0.2) is 0 Å².